The molecule has 0 aromatic carbocycles. The molecular weight excluding hydrogens is 278 g/mol. The van der Waals surface area contributed by atoms with Gasteiger partial charge in [-0.05, 0) is 19.9 Å². The van der Waals surface area contributed by atoms with Gasteiger partial charge in [0, 0.05) is 38.1 Å². The quantitative estimate of drug-likeness (QED) is 0.663. The summed E-state index contributed by atoms with van der Waals surface area (Å²) in [6.07, 6.45) is 5.73. The van der Waals surface area contributed by atoms with E-state index in [1.54, 1.807) is 4.68 Å². The van der Waals surface area contributed by atoms with Crippen LogP contribution >= 0.6 is 0 Å². The maximum Gasteiger partial charge on any atom is 0.148 e. The molecule has 20 heavy (non-hydrogen) atoms. The molecule has 1 aromatic heterocycles. The Morgan fingerprint density at radius 1 is 1.45 bits per heavy atom. The van der Waals surface area contributed by atoms with Crippen molar-refractivity contribution in [2.45, 2.75) is 32.0 Å². The maximum absolute atomic E-state index is 11.1. The van der Waals surface area contributed by atoms with E-state index >= 15 is 0 Å². The summed E-state index contributed by atoms with van der Waals surface area (Å²) < 4.78 is 24.0. The molecule has 1 aliphatic rings. The third-order valence-corrected chi connectivity index (χ3v) is 4.21. The van der Waals surface area contributed by atoms with Crippen molar-refractivity contribution in [2.75, 3.05) is 32.1 Å². The predicted molar refractivity (Wildman–Crippen MR) is 77.1 cm³/mol. The lowest BCUT2D eigenvalue weighted by atomic mass is 10.4. The zero-order valence-electron chi connectivity index (χ0n) is 12.1. The summed E-state index contributed by atoms with van der Waals surface area (Å²) >= 11 is 0. The maximum atomic E-state index is 11.1. The van der Waals surface area contributed by atoms with E-state index in [0.717, 1.165) is 25.3 Å². The molecule has 0 saturated heterocycles. The van der Waals surface area contributed by atoms with E-state index in [1.165, 1.54) is 19.1 Å². The number of rotatable bonds is 9. The van der Waals surface area contributed by atoms with Crippen molar-refractivity contribution in [3.63, 3.8) is 0 Å². The Hall–Kier alpha value is -0.990. The molecule has 1 aromatic rings. The van der Waals surface area contributed by atoms with Gasteiger partial charge in [0.05, 0.1) is 18.0 Å². The highest BCUT2D eigenvalue weighted by atomic mass is 32.2. The van der Waals surface area contributed by atoms with Gasteiger partial charge in [0.2, 0.25) is 0 Å². The lowest BCUT2D eigenvalue weighted by molar-refractivity contribution is 0.327. The average molecular weight is 301 g/mol. The summed E-state index contributed by atoms with van der Waals surface area (Å²) in [6.45, 7) is 2.79. The minimum atomic E-state index is -2.89. The van der Waals surface area contributed by atoms with Crippen LogP contribution in [0.2, 0.25) is 0 Å². The molecule has 2 rings (SSSR count). The Morgan fingerprint density at radius 2 is 2.20 bits per heavy atom. The summed E-state index contributed by atoms with van der Waals surface area (Å²) in [5.74, 6) is 0.192. The van der Waals surface area contributed by atoms with Crippen molar-refractivity contribution < 1.29 is 8.42 Å². The monoisotopic (exact) mass is 301 g/mol. The topological polar surface area (TPSA) is 80.1 Å². The fraction of sp³-hybridized carbons (Fsp3) is 0.833. The van der Waals surface area contributed by atoms with Gasteiger partial charge in [-0.1, -0.05) is 5.21 Å². The zero-order chi connectivity index (χ0) is 14.6. The molecule has 1 aliphatic carbocycles. The highest BCUT2D eigenvalue weighted by molar-refractivity contribution is 7.90. The van der Waals surface area contributed by atoms with Gasteiger partial charge in [-0.15, -0.1) is 5.10 Å². The zero-order valence-corrected chi connectivity index (χ0v) is 12.9. The number of likely N-dealkylation sites (N-methyl/N-ethyl adjacent to an activating group) is 1. The SMILES string of the molecule is CN(CCn1cc(CNC2CC2)nn1)CCS(C)(=O)=O. The first-order chi connectivity index (χ1) is 9.42. The van der Waals surface area contributed by atoms with E-state index in [0.29, 0.717) is 12.6 Å². The fourth-order valence-corrected chi connectivity index (χ4v) is 2.42. The second-order valence-electron chi connectivity index (χ2n) is 5.56. The standard InChI is InChI=1S/C12H23N5O2S/c1-16(7-8-20(2,18)19)5-6-17-10-12(14-15-17)9-13-11-3-4-11/h10-11,13H,3-9H2,1-2H3. The second kappa shape index (κ2) is 6.64. The molecule has 8 heteroatoms. The van der Waals surface area contributed by atoms with Crippen LogP contribution in [-0.2, 0) is 22.9 Å². The van der Waals surface area contributed by atoms with Crippen molar-refractivity contribution in [2.24, 2.45) is 0 Å². The first-order valence-electron chi connectivity index (χ1n) is 6.91. The number of sulfone groups is 1. The molecule has 0 radical (unpaired) electrons. The molecule has 0 unspecified atom stereocenters. The molecule has 114 valence electrons. The predicted octanol–water partition coefficient (Wildman–Crippen LogP) is -0.493. The molecule has 0 aliphatic heterocycles. The van der Waals surface area contributed by atoms with Crippen LogP contribution in [0.3, 0.4) is 0 Å². The van der Waals surface area contributed by atoms with E-state index in [1.807, 2.05) is 18.1 Å². The van der Waals surface area contributed by atoms with Gasteiger partial charge in [-0.25, -0.2) is 8.42 Å². The van der Waals surface area contributed by atoms with Crippen LogP contribution in [0.25, 0.3) is 0 Å². The van der Waals surface area contributed by atoms with Crippen molar-refractivity contribution >= 4 is 9.84 Å². The third-order valence-electron chi connectivity index (χ3n) is 3.29. The molecule has 1 heterocycles. The molecular formula is C12H23N5O2S. The molecule has 1 N–H and O–H groups in total. The summed E-state index contributed by atoms with van der Waals surface area (Å²) in [7, 11) is -0.978. The van der Waals surface area contributed by atoms with Crippen LogP contribution in [0.5, 0.6) is 0 Å². The van der Waals surface area contributed by atoms with Crippen molar-refractivity contribution in [1.82, 2.24) is 25.2 Å². The van der Waals surface area contributed by atoms with Crippen molar-refractivity contribution in [3.05, 3.63) is 11.9 Å². The smallest absolute Gasteiger partial charge is 0.148 e. The molecule has 0 amide bonds. The number of nitrogens with one attached hydrogen (secondary N) is 1. The number of aromatic nitrogens is 3. The Kier molecular flexibility index (Phi) is 5.11. The number of nitrogens with zero attached hydrogens (tertiary/aromatic N) is 4. The third kappa shape index (κ3) is 5.98. The van der Waals surface area contributed by atoms with Gasteiger partial charge in [0.15, 0.2) is 0 Å². The van der Waals surface area contributed by atoms with E-state index in [2.05, 4.69) is 15.6 Å². The molecule has 0 atom stereocenters. The summed E-state index contributed by atoms with van der Waals surface area (Å²) in [4.78, 5) is 1.99. The van der Waals surface area contributed by atoms with Crippen LogP contribution in [-0.4, -0.2) is 66.5 Å². The average Bonchev–Trinajstić information content (AvgIpc) is 3.09. The van der Waals surface area contributed by atoms with E-state index in [9.17, 15) is 8.42 Å². The first-order valence-corrected chi connectivity index (χ1v) is 8.97. The van der Waals surface area contributed by atoms with E-state index in [4.69, 9.17) is 0 Å². The lowest BCUT2D eigenvalue weighted by Crippen LogP contribution is -2.28. The van der Waals surface area contributed by atoms with Gasteiger partial charge in [0.25, 0.3) is 0 Å². The van der Waals surface area contributed by atoms with Crippen LogP contribution in [0, 0.1) is 0 Å². The van der Waals surface area contributed by atoms with Gasteiger partial charge < -0.3 is 10.2 Å². The largest absolute Gasteiger partial charge is 0.308 e. The van der Waals surface area contributed by atoms with Crippen molar-refractivity contribution in [1.29, 1.82) is 0 Å². The first kappa shape index (κ1) is 15.4. The summed E-state index contributed by atoms with van der Waals surface area (Å²) in [6, 6.07) is 0.669. The Bertz CT molecular complexity index is 524. The normalized spacial score (nSPS) is 15.9. The minimum Gasteiger partial charge on any atom is -0.308 e. The van der Waals surface area contributed by atoms with E-state index < -0.39 is 9.84 Å². The molecule has 7 nitrogen and oxygen atoms in total. The highest BCUT2D eigenvalue weighted by Crippen LogP contribution is 2.18. The van der Waals surface area contributed by atoms with Gasteiger partial charge >= 0.3 is 0 Å². The summed E-state index contributed by atoms with van der Waals surface area (Å²) in [5, 5.41) is 11.6. The Morgan fingerprint density at radius 3 is 2.85 bits per heavy atom. The Balaban J connectivity index is 1.67. The number of hydrogen-bond acceptors (Lipinski definition) is 6. The van der Waals surface area contributed by atoms with Crippen LogP contribution in [0.4, 0.5) is 0 Å². The molecule has 0 bridgehead atoms. The molecule has 0 spiro atoms. The minimum absolute atomic E-state index is 0.192. The van der Waals surface area contributed by atoms with Crippen molar-refractivity contribution in [3.8, 4) is 0 Å². The van der Waals surface area contributed by atoms with Crippen LogP contribution in [0.15, 0.2) is 6.20 Å². The van der Waals surface area contributed by atoms with Gasteiger partial charge in [-0.2, -0.15) is 0 Å². The van der Waals surface area contributed by atoms with Crippen LogP contribution < -0.4 is 5.32 Å². The fourth-order valence-electron chi connectivity index (χ4n) is 1.77. The molecule has 1 fully saturated rings. The Labute approximate surface area is 120 Å². The van der Waals surface area contributed by atoms with Gasteiger partial charge in [-0.3, -0.25) is 4.68 Å². The highest BCUT2D eigenvalue weighted by Gasteiger charge is 2.20. The molecule has 1 saturated carbocycles. The van der Waals surface area contributed by atoms with Gasteiger partial charge in [0.1, 0.15) is 9.84 Å². The van der Waals surface area contributed by atoms with E-state index in [-0.39, 0.29) is 5.75 Å². The number of hydrogen-bond donors (Lipinski definition) is 1. The van der Waals surface area contributed by atoms with Crippen LogP contribution in [0.1, 0.15) is 18.5 Å². The second-order valence-corrected chi connectivity index (χ2v) is 7.82. The summed E-state index contributed by atoms with van der Waals surface area (Å²) in [5.41, 5.74) is 0.954. The lowest BCUT2D eigenvalue weighted by Gasteiger charge is -2.15.